The highest BCUT2D eigenvalue weighted by molar-refractivity contribution is 5.89. The molecule has 0 bridgehead atoms. The van der Waals surface area contributed by atoms with Crippen molar-refractivity contribution < 1.29 is 42.7 Å². The highest BCUT2D eigenvalue weighted by Crippen LogP contribution is 2.31. The molecule has 0 aromatic heterocycles. The number of hydrogen-bond acceptors (Lipinski definition) is 10. The molecule has 0 unspecified atom stereocenters. The van der Waals surface area contributed by atoms with Crippen molar-refractivity contribution >= 4 is 5.97 Å². The summed E-state index contributed by atoms with van der Waals surface area (Å²) >= 11 is 0. The number of nitrogens with zero attached hydrogens (tertiary/aromatic N) is 3. The van der Waals surface area contributed by atoms with Crippen molar-refractivity contribution in [3.63, 3.8) is 0 Å². The van der Waals surface area contributed by atoms with Gasteiger partial charge in [0.2, 0.25) is 0 Å². The van der Waals surface area contributed by atoms with Crippen LogP contribution in [0.2, 0.25) is 0 Å². The molecule has 12 nitrogen and oxygen atoms in total. The third-order valence-corrected chi connectivity index (χ3v) is 8.09. The van der Waals surface area contributed by atoms with Gasteiger partial charge in [-0.1, -0.05) is 114 Å². The molecule has 52 heavy (non-hydrogen) atoms. The Morgan fingerprint density at radius 2 is 1.12 bits per heavy atom. The summed E-state index contributed by atoms with van der Waals surface area (Å²) in [6, 6.07) is 38.2. The molecule has 5 rings (SSSR count). The van der Waals surface area contributed by atoms with Crippen LogP contribution in [0, 0.1) is 0 Å². The quantitative estimate of drug-likeness (QED) is 0.0287. The van der Waals surface area contributed by atoms with Crippen molar-refractivity contribution in [2.45, 2.75) is 50.5 Å². The Morgan fingerprint density at radius 3 is 1.71 bits per heavy atom. The van der Waals surface area contributed by atoms with Gasteiger partial charge in [-0.05, 0) is 34.4 Å². The lowest BCUT2D eigenvalue weighted by atomic mass is 9.97. The third-order valence-electron chi connectivity index (χ3n) is 8.09. The SMILES string of the molecule is [N-]=[N+]=NCCOCCOCCO[C@@H]1O[C@H](COCc2ccccc2)[C@H](OCc2ccccc2)[C@H](OCc2ccccc2)[C@H]1OC(=O)c1ccccc1. The minimum Gasteiger partial charge on any atom is -0.450 e. The van der Waals surface area contributed by atoms with Crippen molar-refractivity contribution in [3.05, 3.63) is 154 Å². The van der Waals surface area contributed by atoms with Crippen molar-refractivity contribution in [1.82, 2.24) is 0 Å². The normalized spacial score (nSPS) is 19.8. The Hall–Kier alpha value is -4.62. The Labute approximate surface area is 304 Å². The molecule has 5 atom stereocenters. The van der Waals surface area contributed by atoms with Gasteiger partial charge in [0.15, 0.2) is 12.4 Å². The van der Waals surface area contributed by atoms with E-state index in [9.17, 15) is 4.79 Å². The maximum atomic E-state index is 13.6. The number of rotatable bonds is 22. The number of ether oxygens (including phenoxy) is 8. The molecule has 0 N–H and O–H groups in total. The van der Waals surface area contributed by atoms with E-state index in [2.05, 4.69) is 10.0 Å². The topological polar surface area (TPSA) is 140 Å². The van der Waals surface area contributed by atoms with E-state index in [1.54, 1.807) is 24.3 Å². The van der Waals surface area contributed by atoms with E-state index in [-0.39, 0.29) is 39.6 Å². The van der Waals surface area contributed by atoms with Gasteiger partial charge in [0.05, 0.1) is 65.0 Å². The highest BCUT2D eigenvalue weighted by Gasteiger charge is 2.50. The highest BCUT2D eigenvalue weighted by atomic mass is 16.7. The summed E-state index contributed by atoms with van der Waals surface area (Å²) in [6.07, 6.45) is -4.25. The second-order valence-corrected chi connectivity index (χ2v) is 11.9. The zero-order valence-electron chi connectivity index (χ0n) is 29.0. The van der Waals surface area contributed by atoms with E-state index < -0.39 is 36.7 Å². The van der Waals surface area contributed by atoms with Crippen molar-refractivity contribution in [1.29, 1.82) is 0 Å². The zero-order valence-corrected chi connectivity index (χ0v) is 29.0. The Morgan fingerprint density at radius 1 is 0.596 bits per heavy atom. The minimum atomic E-state index is -1.04. The fraction of sp³-hybridized carbons (Fsp3) is 0.375. The maximum Gasteiger partial charge on any atom is 0.338 e. The first-order chi connectivity index (χ1) is 25.7. The third kappa shape index (κ3) is 12.9. The van der Waals surface area contributed by atoms with Gasteiger partial charge in [0.1, 0.15) is 18.3 Å². The standard InChI is InChI=1S/C40H45N3O9/c41-43-42-21-22-45-23-24-46-25-26-48-40-38(52-39(44)34-19-11-4-12-20-34)37(50-29-33-17-9-3-10-18-33)36(49-28-32-15-7-2-8-16-32)35(51-40)30-47-27-31-13-5-1-6-14-31/h1-20,35-38,40H,21-30H2/t35-,36+,37+,38-,40-/m1/s1. The molecule has 4 aromatic rings. The average Bonchev–Trinajstić information content (AvgIpc) is 3.19. The van der Waals surface area contributed by atoms with Crippen LogP contribution in [0.3, 0.4) is 0 Å². The summed E-state index contributed by atoms with van der Waals surface area (Å²) in [5.41, 5.74) is 11.7. The predicted octanol–water partition coefficient (Wildman–Crippen LogP) is 6.68. The summed E-state index contributed by atoms with van der Waals surface area (Å²) in [5.74, 6) is -0.550. The Bertz CT molecular complexity index is 1610. The van der Waals surface area contributed by atoms with Crippen LogP contribution in [0.4, 0.5) is 0 Å². The molecular weight excluding hydrogens is 666 g/mol. The summed E-state index contributed by atoms with van der Waals surface area (Å²) in [4.78, 5) is 16.3. The molecule has 0 amide bonds. The molecule has 0 aliphatic carbocycles. The molecule has 1 aliphatic heterocycles. The minimum absolute atomic E-state index is 0.126. The van der Waals surface area contributed by atoms with Gasteiger partial charge >= 0.3 is 5.97 Å². The van der Waals surface area contributed by atoms with Crippen LogP contribution in [0.25, 0.3) is 10.4 Å². The summed E-state index contributed by atoms with van der Waals surface area (Å²) in [5, 5.41) is 3.44. The van der Waals surface area contributed by atoms with Crippen LogP contribution >= 0.6 is 0 Å². The van der Waals surface area contributed by atoms with Gasteiger partial charge in [-0.2, -0.15) is 0 Å². The van der Waals surface area contributed by atoms with Crippen LogP contribution in [0.5, 0.6) is 0 Å². The van der Waals surface area contributed by atoms with Crippen LogP contribution in [-0.4, -0.2) is 82.9 Å². The number of hydrogen-bond donors (Lipinski definition) is 0. The average molecular weight is 712 g/mol. The molecule has 1 heterocycles. The van der Waals surface area contributed by atoms with Gasteiger partial charge in [-0.3, -0.25) is 0 Å². The molecule has 1 saturated heterocycles. The van der Waals surface area contributed by atoms with E-state index in [1.165, 1.54) is 0 Å². The van der Waals surface area contributed by atoms with Gasteiger partial charge in [0.25, 0.3) is 0 Å². The van der Waals surface area contributed by atoms with E-state index in [4.69, 9.17) is 43.4 Å². The smallest absolute Gasteiger partial charge is 0.338 e. The number of carbonyl (C=O) groups is 1. The molecule has 1 fully saturated rings. The second-order valence-electron chi connectivity index (χ2n) is 11.9. The Balaban J connectivity index is 1.37. The van der Waals surface area contributed by atoms with Crippen LogP contribution in [0.1, 0.15) is 27.0 Å². The summed E-state index contributed by atoms with van der Waals surface area (Å²) in [7, 11) is 0. The van der Waals surface area contributed by atoms with Crippen LogP contribution in [0.15, 0.2) is 126 Å². The van der Waals surface area contributed by atoms with Gasteiger partial charge < -0.3 is 37.9 Å². The fourth-order valence-electron chi connectivity index (χ4n) is 5.52. The first-order valence-electron chi connectivity index (χ1n) is 17.3. The zero-order chi connectivity index (χ0) is 36.1. The number of azide groups is 1. The summed E-state index contributed by atoms with van der Waals surface area (Å²) in [6.45, 7) is 2.55. The largest absolute Gasteiger partial charge is 0.450 e. The summed E-state index contributed by atoms with van der Waals surface area (Å²) < 4.78 is 49.6. The second kappa shape index (κ2) is 22.3. The molecule has 274 valence electrons. The van der Waals surface area contributed by atoms with Crippen LogP contribution < -0.4 is 0 Å². The molecule has 0 saturated carbocycles. The van der Waals surface area contributed by atoms with Crippen molar-refractivity contribution in [3.8, 4) is 0 Å². The van der Waals surface area contributed by atoms with E-state index in [0.29, 0.717) is 32.0 Å². The first-order valence-corrected chi connectivity index (χ1v) is 17.3. The molecule has 1 aliphatic rings. The van der Waals surface area contributed by atoms with Crippen molar-refractivity contribution in [2.75, 3.05) is 46.2 Å². The maximum absolute atomic E-state index is 13.6. The van der Waals surface area contributed by atoms with Gasteiger partial charge in [0, 0.05) is 11.5 Å². The van der Waals surface area contributed by atoms with E-state index in [0.717, 1.165) is 16.7 Å². The molecule has 4 aromatic carbocycles. The first kappa shape index (κ1) is 38.6. The van der Waals surface area contributed by atoms with E-state index in [1.807, 2.05) is 97.1 Å². The predicted molar refractivity (Wildman–Crippen MR) is 192 cm³/mol. The molecular formula is C40H45N3O9. The molecule has 0 spiro atoms. The lowest BCUT2D eigenvalue weighted by Crippen LogP contribution is -2.62. The lowest BCUT2D eigenvalue weighted by Gasteiger charge is -2.45. The Kier molecular flexibility index (Phi) is 16.6. The molecule has 0 radical (unpaired) electrons. The van der Waals surface area contributed by atoms with Crippen LogP contribution in [-0.2, 0) is 57.7 Å². The number of esters is 1. The monoisotopic (exact) mass is 711 g/mol. The van der Waals surface area contributed by atoms with E-state index >= 15 is 0 Å². The molecule has 12 heteroatoms. The lowest BCUT2D eigenvalue weighted by molar-refractivity contribution is -0.319. The number of benzene rings is 4. The fourth-order valence-corrected chi connectivity index (χ4v) is 5.52. The van der Waals surface area contributed by atoms with Crippen molar-refractivity contribution in [2.24, 2.45) is 5.11 Å². The van der Waals surface area contributed by atoms with Gasteiger partial charge in [-0.15, -0.1) is 0 Å². The van der Waals surface area contributed by atoms with Gasteiger partial charge in [-0.25, -0.2) is 4.79 Å². The number of carbonyl (C=O) groups excluding carboxylic acids is 1.